The second-order valence-corrected chi connectivity index (χ2v) is 5.54. The molecule has 0 heterocycles. The van der Waals surface area contributed by atoms with Crippen LogP contribution < -0.4 is 16.0 Å². The van der Waals surface area contributed by atoms with Gasteiger partial charge in [-0.2, -0.15) is 0 Å². The van der Waals surface area contributed by atoms with Crippen LogP contribution in [0.5, 0.6) is 0 Å². The van der Waals surface area contributed by atoms with Gasteiger partial charge in [-0.05, 0) is 17.9 Å². The van der Waals surface area contributed by atoms with Crippen molar-refractivity contribution in [1.29, 1.82) is 0 Å². The average molecular weight is 305 g/mol. The van der Waals surface area contributed by atoms with E-state index in [4.69, 9.17) is 0 Å². The van der Waals surface area contributed by atoms with Gasteiger partial charge in [0.15, 0.2) is 0 Å². The number of hydrogen-bond donors (Lipinski definition) is 3. The number of nitrogens with one attached hydrogen (secondary N) is 3. The third kappa shape index (κ3) is 6.88. The highest BCUT2D eigenvalue weighted by atomic mass is 16.2. The first-order valence-corrected chi connectivity index (χ1v) is 7.28. The largest absolute Gasteiger partial charge is 0.345 e. The highest BCUT2D eigenvalue weighted by Gasteiger charge is 2.22. The maximum atomic E-state index is 12.0. The van der Waals surface area contributed by atoms with Crippen molar-refractivity contribution in [3.8, 4) is 0 Å². The summed E-state index contributed by atoms with van der Waals surface area (Å²) < 4.78 is 0. The minimum atomic E-state index is -0.708. The van der Waals surface area contributed by atoms with E-state index in [1.807, 2.05) is 44.2 Å². The molecule has 0 spiro atoms. The van der Waals surface area contributed by atoms with Crippen LogP contribution in [0, 0.1) is 5.92 Å². The fourth-order valence-electron chi connectivity index (χ4n) is 1.97. The summed E-state index contributed by atoms with van der Waals surface area (Å²) in [5.74, 6) is -0.588. The van der Waals surface area contributed by atoms with Crippen LogP contribution in [0.4, 0.5) is 4.79 Å². The molecule has 4 amide bonds. The maximum Gasteiger partial charge on any atom is 0.321 e. The number of rotatable bonds is 6. The van der Waals surface area contributed by atoms with E-state index >= 15 is 0 Å². The Kier molecular flexibility index (Phi) is 7.08. The van der Waals surface area contributed by atoms with Gasteiger partial charge in [-0.25, -0.2) is 4.79 Å². The molecule has 6 heteroatoms. The van der Waals surface area contributed by atoms with Crippen molar-refractivity contribution in [2.45, 2.75) is 39.8 Å². The summed E-state index contributed by atoms with van der Waals surface area (Å²) in [6, 6.07) is 8.09. The van der Waals surface area contributed by atoms with Crippen LogP contribution in [-0.4, -0.2) is 23.9 Å². The molecule has 0 saturated carbocycles. The molecule has 3 N–H and O–H groups in total. The number of benzene rings is 1. The molecule has 22 heavy (non-hydrogen) atoms. The van der Waals surface area contributed by atoms with E-state index in [0.29, 0.717) is 13.0 Å². The van der Waals surface area contributed by atoms with Gasteiger partial charge in [0.1, 0.15) is 6.04 Å². The first kappa shape index (κ1) is 17.7. The molecule has 0 aliphatic carbocycles. The summed E-state index contributed by atoms with van der Waals surface area (Å²) in [5, 5.41) is 7.42. The Morgan fingerprint density at radius 1 is 1.09 bits per heavy atom. The fourth-order valence-corrected chi connectivity index (χ4v) is 1.97. The normalized spacial score (nSPS) is 11.6. The monoisotopic (exact) mass is 305 g/mol. The van der Waals surface area contributed by atoms with Crippen molar-refractivity contribution in [2.75, 3.05) is 0 Å². The van der Waals surface area contributed by atoms with E-state index in [1.165, 1.54) is 6.92 Å². The first-order valence-electron chi connectivity index (χ1n) is 7.28. The molecule has 0 aliphatic heterocycles. The van der Waals surface area contributed by atoms with Gasteiger partial charge >= 0.3 is 6.03 Å². The lowest BCUT2D eigenvalue weighted by Crippen LogP contribution is -2.50. The van der Waals surface area contributed by atoms with Crippen molar-refractivity contribution in [1.82, 2.24) is 16.0 Å². The zero-order valence-corrected chi connectivity index (χ0v) is 13.2. The van der Waals surface area contributed by atoms with Gasteiger partial charge in [-0.3, -0.25) is 14.9 Å². The lowest BCUT2D eigenvalue weighted by atomic mass is 10.0. The van der Waals surface area contributed by atoms with Gasteiger partial charge in [0.25, 0.3) is 5.91 Å². The molecule has 0 saturated heterocycles. The predicted octanol–water partition coefficient (Wildman–Crippen LogP) is 1.56. The summed E-state index contributed by atoms with van der Waals surface area (Å²) in [7, 11) is 0. The quantitative estimate of drug-likeness (QED) is 0.745. The van der Waals surface area contributed by atoms with Crippen LogP contribution in [0.3, 0.4) is 0 Å². The lowest BCUT2D eigenvalue weighted by molar-refractivity contribution is -0.127. The Morgan fingerprint density at radius 3 is 2.27 bits per heavy atom. The van der Waals surface area contributed by atoms with Gasteiger partial charge in [-0.15, -0.1) is 0 Å². The van der Waals surface area contributed by atoms with E-state index in [2.05, 4.69) is 16.0 Å². The van der Waals surface area contributed by atoms with E-state index in [9.17, 15) is 14.4 Å². The van der Waals surface area contributed by atoms with Crippen LogP contribution in [-0.2, 0) is 16.1 Å². The molecule has 1 atom stereocenters. The molecule has 0 unspecified atom stereocenters. The lowest BCUT2D eigenvalue weighted by Gasteiger charge is -2.19. The van der Waals surface area contributed by atoms with Crippen LogP contribution in [0.1, 0.15) is 32.8 Å². The number of imide groups is 1. The molecule has 1 rings (SSSR count). The van der Waals surface area contributed by atoms with Crippen LogP contribution in [0.25, 0.3) is 0 Å². The first-order chi connectivity index (χ1) is 10.4. The molecule has 1 aromatic carbocycles. The van der Waals surface area contributed by atoms with E-state index in [0.717, 1.165) is 5.56 Å². The number of amides is 4. The van der Waals surface area contributed by atoms with E-state index < -0.39 is 18.0 Å². The molecule has 1 aromatic rings. The predicted molar refractivity (Wildman–Crippen MR) is 83.9 cm³/mol. The van der Waals surface area contributed by atoms with Crippen molar-refractivity contribution in [2.24, 2.45) is 5.92 Å². The molecular weight excluding hydrogens is 282 g/mol. The topological polar surface area (TPSA) is 87.3 Å². The number of carbonyl (C=O) groups is 3. The van der Waals surface area contributed by atoms with Gasteiger partial charge < -0.3 is 10.6 Å². The van der Waals surface area contributed by atoms with Gasteiger partial charge in [0, 0.05) is 13.5 Å². The van der Waals surface area contributed by atoms with Crippen LogP contribution in [0.15, 0.2) is 30.3 Å². The highest BCUT2D eigenvalue weighted by molar-refractivity contribution is 5.98. The number of hydrogen-bond acceptors (Lipinski definition) is 3. The summed E-state index contributed by atoms with van der Waals surface area (Å²) in [4.78, 5) is 34.9. The molecule has 0 aromatic heterocycles. The zero-order valence-electron chi connectivity index (χ0n) is 13.2. The number of urea groups is 1. The Morgan fingerprint density at radius 2 is 1.73 bits per heavy atom. The molecule has 0 radical (unpaired) electrons. The van der Waals surface area contributed by atoms with Gasteiger partial charge in [0.2, 0.25) is 5.91 Å². The van der Waals surface area contributed by atoms with E-state index in [1.54, 1.807) is 0 Å². The average Bonchev–Trinajstić information content (AvgIpc) is 2.44. The molecule has 120 valence electrons. The maximum absolute atomic E-state index is 12.0. The van der Waals surface area contributed by atoms with Gasteiger partial charge in [0.05, 0.1) is 0 Å². The molecular formula is C16H23N3O3. The standard InChI is InChI=1S/C16H23N3O3/c1-11(2)9-14(18-12(3)20)15(21)19-16(22)17-10-13-7-5-4-6-8-13/h4-8,11,14H,9-10H2,1-3H3,(H,18,20)(H2,17,19,21,22)/t14-/m1/s1. The Bertz CT molecular complexity index is 515. The third-order valence-corrected chi connectivity index (χ3v) is 2.93. The van der Waals surface area contributed by atoms with Crippen molar-refractivity contribution in [3.05, 3.63) is 35.9 Å². The Balaban J connectivity index is 2.49. The van der Waals surface area contributed by atoms with Gasteiger partial charge in [-0.1, -0.05) is 44.2 Å². The minimum Gasteiger partial charge on any atom is -0.345 e. The smallest absolute Gasteiger partial charge is 0.321 e. The van der Waals surface area contributed by atoms with Crippen molar-refractivity contribution < 1.29 is 14.4 Å². The second-order valence-electron chi connectivity index (χ2n) is 5.54. The SMILES string of the molecule is CC(=O)N[C@H](CC(C)C)C(=O)NC(=O)NCc1ccccc1. The second kappa shape index (κ2) is 8.81. The van der Waals surface area contributed by atoms with Crippen molar-refractivity contribution >= 4 is 17.8 Å². The van der Waals surface area contributed by atoms with Crippen LogP contribution >= 0.6 is 0 Å². The summed E-state index contributed by atoms with van der Waals surface area (Å²) in [6.07, 6.45) is 0.470. The third-order valence-electron chi connectivity index (χ3n) is 2.93. The summed E-state index contributed by atoms with van der Waals surface area (Å²) in [6.45, 7) is 5.56. The minimum absolute atomic E-state index is 0.218. The summed E-state index contributed by atoms with van der Waals surface area (Å²) >= 11 is 0. The number of carbonyl (C=O) groups excluding carboxylic acids is 3. The molecule has 0 fully saturated rings. The highest BCUT2D eigenvalue weighted by Crippen LogP contribution is 2.05. The zero-order chi connectivity index (χ0) is 16.5. The fraction of sp³-hybridized carbons (Fsp3) is 0.438. The summed E-state index contributed by atoms with van der Waals surface area (Å²) in [5.41, 5.74) is 0.936. The van der Waals surface area contributed by atoms with E-state index in [-0.39, 0.29) is 11.8 Å². The Hall–Kier alpha value is -2.37. The molecule has 0 aliphatic rings. The van der Waals surface area contributed by atoms with Crippen LogP contribution in [0.2, 0.25) is 0 Å². The molecule has 0 bridgehead atoms. The Labute approximate surface area is 130 Å². The van der Waals surface area contributed by atoms with Crippen molar-refractivity contribution in [3.63, 3.8) is 0 Å². The molecule has 6 nitrogen and oxygen atoms in total.